The Kier molecular flexibility index (Phi) is 7.08. The summed E-state index contributed by atoms with van der Waals surface area (Å²) < 4.78 is 38.6. The molecule has 2 heterocycles. The van der Waals surface area contributed by atoms with E-state index < -0.39 is 15.9 Å². The van der Waals surface area contributed by atoms with Gasteiger partial charge in [-0.1, -0.05) is 0 Å². The molecular formula is C24H29N3O6S. The Morgan fingerprint density at radius 1 is 1.06 bits per heavy atom. The van der Waals surface area contributed by atoms with Crippen LogP contribution in [0.15, 0.2) is 41.3 Å². The molecular weight excluding hydrogens is 458 g/mol. The van der Waals surface area contributed by atoms with Gasteiger partial charge >= 0.3 is 0 Å². The number of hydrogen-bond donors (Lipinski definition) is 2. The number of rotatable bonds is 6. The monoisotopic (exact) mass is 487 g/mol. The van der Waals surface area contributed by atoms with Crippen LogP contribution in [-0.4, -0.2) is 51.8 Å². The van der Waals surface area contributed by atoms with Crippen molar-refractivity contribution >= 4 is 33.2 Å². The fourth-order valence-electron chi connectivity index (χ4n) is 4.39. The Morgan fingerprint density at radius 3 is 2.62 bits per heavy atom. The molecule has 1 saturated heterocycles. The fraction of sp³-hybridized carbons (Fsp3) is 0.417. The number of nitrogens with zero attached hydrogens (tertiary/aromatic N) is 1. The number of anilines is 2. The average Bonchev–Trinajstić information content (AvgIpc) is 3.03. The summed E-state index contributed by atoms with van der Waals surface area (Å²) in [4.78, 5) is 24.9. The third-order valence-corrected chi connectivity index (χ3v) is 8.11. The van der Waals surface area contributed by atoms with Crippen molar-refractivity contribution in [3.63, 3.8) is 0 Å². The molecule has 2 aliphatic rings. The van der Waals surface area contributed by atoms with Crippen LogP contribution < -0.4 is 20.1 Å². The summed E-state index contributed by atoms with van der Waals surface area (Å²) in [5.41, 5.74) is 2.02. The van der Waals surface area contributed by atoms with E-state index in [1.807, 2.05) is 0 Å². The Labute approximate surface area is 199 Å². The maximum absolute atomic E-state index is 13.4. The molecule has 2 amide bonds. The van der Waals surface area contributed by atoms with Crippen LogP contribution in [0.1, 0.15) is 31.2 Å². The van der Waals surface area contributed by atoms with Crippen LogP contribution in [0.25, 0.3) is 0 Å². The normalized spacial score (nSPS) is 18.9. The molecule has 2 aromatic rings. The van der Waals surface area contributed by atoms with E-state index in [0.29, 0.717) is 61.5 Å². The summed E-state index contributed by atoms with van der Waals surface area (Å²) in [6, 6.07) is 9.90. The number of hydrogen-bond acceptors (Lipinski definition) is 6. The number of carbonyl (C=O) groups is 2. The molecule has 0 aliphatic carbocycles. The molecule has 10 heteroatoms. The molecule has 0 saturated carbocycles. The quantitative estimate of drug-likeness (QED) is 0.648. The summed E-state index contributed by atoms with van der Waals surface area (Å²) in [5, 5.41) is 5.69. The smallest absolute Gasteiger partial charge is 0.243 e. The molecule has 2 aliphatic heterocycles. The average molecular weight is 488 g/mol. The number of nitrogens with one attached hydrogen (secondary N) is 2. The fourth-order valence-corrected chi connectivity index (χ4v) is 5.97. The van der Waals surface area contributed by atoms with Crippen LogP contribution in [0.2, 0.25) is 0 Å². The van der Waals surface area contributed by atoms with Gasteiger partial charge in [0.15, 0.2) is 11.5 Å². The molecule has 9 nitrogen and oxygen atoms in total. The number of benzene rings is 2. The van der Waals surface area contributed by atoms with Gasteiger partial charge < -0.3 is 20.1 Å². The van der Waals surface area contributed by atoms with Gasteiger partial charge in [0.1, 0.15) is 0 Å². The van der Waals surface area contributed by atoms with E-state index >= 15 is 0 Å². The number of amides is 2. The lowest BCUT2D eigenvalue weighted by Crippen LogP contribution is -2.43. The number of sulfonamides is 1. The summed E-state index contributed by atoms with van der Waals surface area (Å²) in [6.07, 6.45) is 2.91. The molecule has 1 fully saturated rings. The minimum absolute atomic E-state index is 0.0614. The zero-order valence-electron chi connectivity index (χ0n) is 19.3. The third kappa shape index (κ3) is 5.02. The van der Waals surface area contributed by atoms with Gasteiger partial charge in [-0.25, -0.2) is 8.42 Å². The van der Waals surface area contributed by atoms with Gasteiger partial charge in [-0.3, -0.25) is 9.59 Å². The molecule has 34 heavy (non-hydrogen) atoms. The first-order valence-electron chi connectivity index (χ1n) is 11.3. The van der Waals surface area contributed by atoms with Gasteiger partial charge in [0.05, 0.1) is 25.0 Å². The lowest BCUT2D eigenvalue weighted by atomic mass is 9.98. The van der Waals surface area contributed by atoms with E-state index in [-0.39, 0.29) is 23.3 Å². The van der Waals surface area contributed by atoms with Crippen molar-refractivity contribution in [2.75, 3.05) is 37.9 Å². The zero-order valence-corrected chi connectivity index (χ0v) is 20.1. The second-order valence-electron chi connectivity index (χ2n) is 8.48. The van der Waals surface area contributed by atoms with Crippen molar-refractivity contribution in [2.24, 2.45) is 5.92 Å². The van der Waals surface area contributed by atoms with E-state index in [1.165, 1.54) is 24.6 Å². The number of aryl methyl sites for hydroxylation is 1. The van der Waals surface area contributed by atoms with E-state index in [9.17, 15) is 18.0 Å². The van der Waals surface area contributed by atoms with Crippen molar-refractivity contribution in [2.45, 2.75) is 37.0 Å². The van der Waals surface area contributed by atoms with Crippen LogP contribution in [0, 0.1) is 5.92 Å². The van der Waals surface area contributed by atoms with Gasteiger partial charge in [-0.2, -0.15) is 4.31 Å². The molecule has 0 bridgehead atoms. The third-order valence-electron chi connectivity index (χ3n) is 6.24. The summed E-state index contributed by atoms with van der Waals surface area (Å²) in [5.74, 6) is 0.269. The minimum atomic E-state index is -3.78. The number of ether oxygens (including phenoxy) is 2. The van der Waals surface area contributed by atoms with Crippen molar-refractivity contribution < 1.29 is 27.5 Å². The molecule has 182 valence electrons. The van der Waals surface area contributed by atoms with Crippen LogP contribution in [0.5, 0.6) is 11.5 Å². The highest BCUT2D eigenvalue weighted by molar-refractivity contribution is 7.89. The second-order valence-corrected chi connectivity index (χ2v) is 10.4. The van der Waals surface area contributed by atoms with Gasteiger partial charge in [0.25, 0.3) is 0 Å². The zero-order chi connectivity index (χ0) is 24.3. The summed E-state index contributed by atoms with van der Waals surface area (Å²) in [7, 11) is -0.723. The number of piperidine rings is 1. The molecule has 2 N–H and O–H groups in total. The highest BCUT2D eigenvalue weighted by Gasteiger charge is 2.34. The lowest BCUT2D eigenvalue weighted by Gasteiger charge is -2.31. The molecule has 4 rings (SSSR count). The first-order valence-corrected chi connectivity index (χ1v) is 12.7. The van der Waals surface area contributed by atoms with Crippen LogP contribution in [-0.2, 0) is 26.0 Å². The summed E-state index contributed by atoms with van der Waals surface area (Å²) >= 11 is 0. The van der Waals surface area contributed by atoms with E-state index in [1.54, 1.807) is 30.3 Å². The van der Waals surface area contributed by atoms with Gasteiger partial charge in [0, 0.05) is 37.0 Å². The number of carbonyl (C=O) groups excluding carboxylic acids is 2. The Morgan fingerprint density at radius 2 is 1.85 bits per heavy atom. The van der Waals surface area contributed by atoms with Crippen molar-refractivity contribution in [3.8, 4) is 11.5 Å². The lowest BCUT2D eigenvalue weighted by molar-refractivity contribution is -0.121. The van der Waals surface area contributed by atoms with Crippen LogP contribution in [0.4, 0.5) is 11.4 Å². The second kappa shape index (κ2) is 10.0. The maximum Gasteiger partial charge on any atom is 0.243 e. The van der Waals surface area contributed by atoms with Gasteiger partial charge in [-0.15, -0.1) is 0 Å². The minimum Gasteiger partial charge on any atom is -0.493 e. The standard InChI is InChI=1S/C24H29N3O6S/c1-32-21-11-8-18(14-22(21)33-2)25-24(29)17-6-4-12-27(15-17)34(30,31)19-9-10-20-16(13-19)5-3-7-23(28)26-20/h8-11,13-14,17H,3-7,12,15H2,1-2H3,(H,25,29)(H,26,28)/t17-/m0/s1. The SMILES string of the molecule is COc1ccc(NC(=O)[C@H]2CCCN(S(=O)(=O)c3ccc4c(c3)CCCC(=O)N4)C2)cc1OC. The highest BCUT2D eigenvalue weighted by atomic mass is 32.2. The number of methoxy groups -OCH3 is 2. The van der Waals surface area contributed by atoms with Crippen molar-refractivity contribution in [3.05, 3.63) is 42.0 Å². The molecule has 1 atom stereocenters. The largest absolute Gasteiger partial charge is 0.493 e. The molecule has 2 aromatic carbocycles. The van der Waals surface area contributed by atoms with E-state index in [0.717, 1.165) is 5.56 Å². The number of fused-ring (bicyclic) bond motifs is 1. The van der Waals surface area contributed by atoms with Crippen molar-refractivity contribution in [1.82, 2.24) is 4.31 Å². The van der Waals surface area contributed by atoms with Crippen molar-refractivity contribution in [1.29, 1.82) is 0 Å². The Hall–Kier alpha value is -3.11. The highest BCUT2D eigenvalue weighted by Crippen LogP contribution is 2.32. The van der Waals surface area contributed by atoms with E-state index in [2.05, 4.69) is 10.6 Å². The topological polar surface area (TPSA) is 114 Å². The van der Waals surface area contributed by atoms with Crippen LogP contribution in [0.3, 0.4) is 0 Å². The summed E-state index contributed by atoms with van der Waals surface area (Å²) in [6.45, 7) is 0.464. The maximum atomic E-state index is 13.4. The Balaban J connectivity index is 1.48. The molecule has 0 unspecified atom stereocenters. The Bertz CT molecular complexity index is 1200. The molecule has 0 spiro atoms. The van der Waals surface area contributed by atoms with Crippen LogP contribution >= 0.6 is 0 Å². The van der Waals surface area contributed by atoms with Gasteiger partial charge in [0.2, 0.25) is 21.8 Å². The predicted octanol–water partition coefficient (Wildman–Crippen LogP) is 3.02. The van der Waals surface area contributed by atoms with Gasteiger partial charge in [-0.05, 0) is 61.6 Å². The molecule has 0 aromatic heterocycles. The molecule has 0 radical (unpaired) electrons. The predicted molar refractivity (Wildman–Crippen MR) is 128 cm³/mol. The van der Waals surface area contributed by atoms with E-state index in [4.69, 9.17) is 9.47 Å². The first kappa shape index (κ1) is 24.0. The first-order chi connectivity index (χ1) is 16.3.